The lowest BCUT2D eigenvalue weighted by atomic mass is 10.0. The smallest absolute Gasteiger partial charge is 0.251 e. The lowest BCUT2D eigenvalue weighted by molar-refractivity contribution is 0.0963. The first-order valence-electron chi connectivity index (χ1n) is 10.8. The fourth-order valence-electron chi connectivity index (χ4n) is 4.38. The number of hydrogen-bond acceptors (Lipinski definition) is 3. The van der Waals surface area contributed by atoms with E-state index in [0.29, 0.717) is 11.5 Å². The summed E-state index contributed by atoms with van der Waals surface area (Å²) in [6.07, 6.45) is 1.15. The number of benzene rings is 3. The van der Waals surface area contributed by atoms with E-state index in [-0.39, 0.29) is 5.91 Å². The molecule has 2 N–H and O–H groups in total. The Morgan fingerprint density at radius 3 is 2.48 bits per heavy atom. The second kappa shape index (κ2) is 8.36. The largest absolute Gasteiger partial charge is 0.355 e. The van der Waals surface area contributed by atoms with E-state index in [1.54, 1.807) is 7.05 Å². The molecule has 1 aliphatic rings. The third-order valence-corrected chi connectivity index (χ3v) is 6.09. The Bertz CT molecular complexity index is 1210. The molecule has 1 fully saturated rings. The molecule has 1 atom stereocenters. The molecule has 4 aromatic rings. The number of amides is 1. The van der Waals surface area contributed by atoms with E-state index >= 15 is 0 Å². The molecule has 5 rings (SSSR count). The Kier molecular flexibility index (Phi) is 5.26. The molecule has 1 aliphatic heterocycles. The molecule has 5 heteroatoms. The van der Waals surface area contributed by atoms with Crippen molar-refractivity contribution in [1.29, 1.82) is 0 Å². The van der Waals surface area contributed by atoms with Crippen LogP contribution in [0.25, 0.3) is 33.5 Å². The van der Waals surface area contributed by atoms with Crippen molar-refractivity contribution in [2.45, 2.75) is 13.0 Å². The predicted molar refractivity (Wildman–Crippen MR) is 125 cm³/mol. The van der Waals surface area contributed by atoms with E-state index < -0.39 is 0 Å². The van der Waals surface area contributed by atoms with Crippen molar-refractivity contribution in [2.75, 3.05) is 20.1 Å². The maximum atomic E-state index is 12.2. The van der Waals surface area contributed by atoms with Gasteiger partial charge in [-0.1, -0.05) is 54.6 Å². The third kappa shape index (κ3) is 3.84. The van der Waals surface area contributed by atoms with Gasteiger partial charge in [0.15, 0.2) is 0 Å². The molecule has 0 radical (unpaired) electrons. The highest BCUT2D eigenvalue weighted by atomic mass is 16.1. The average Bonchev–Trinajstić information content (AvgIpc) is 3.47. The normalized spacial score (nSPS) is 16.0. The molecule has 1 aromatic heterocycles. The summed E-state index contributed by atoms with van der Waals surface area (Å²) in [5, 5.41) is 6.18. The molecular formula is C26H26N4O. The van der Waals surface area contributed by atoms with Crippen LogP contribution in [-0.2, 0) is 6.54 Å². The summed E-state index contributed by atoms with van der Waals surface area (Å²) in [6.45, 7) is 2.96. The Balaban J connectivity index is 1.58. The summed E-state index contributed by atoms with van der Waals surface area (Å²) in [5.41, 5.74) is 6.06. The zero-order valence-electron chi connectivity index (χ0n) is 17.6. The van der Waals surface area contributed by atoms with Crippen LogP contribution in [0.15, 0.2) is 72.8 Å². The highest BCUT2D eigenvalue weighted by molar-refractivity contribution is 5.97. The summed E-state index contributed by atoms with van der Waals surface area (Å²) in [4.78, 5) is 17.2. The van der Waals surface area contributed by atoms with Gasteiger partial charge in [-0.25, -0.2) is 4.98 Å². The Morgan fingerprint density at radius 2 is 1.77 bits per heavy atom. The van der Waals surface area contributed by atoms with Gasteiger partial charge in [0.1, 0.15) is 5.82 Å². The SMILES string of the molecule is CNC(=O)c1ccc2nc(-c3ccc(-c4ccccc4)cc3)n(CC3CCNC3)c2c1. The molecule has 1 saturated heterocycles. The summed E-state index contributed by atoms with van der Waals surface area (Å²) >= 11 is 0. The standard InChI is InChI=1S/C26H26N4O/c1-27-26(31)22-11-12-23-24(15-22)30(17-18-13-14-28-16-18)25(29-23)21-9-7-20(8-10-21)19-5-3-2-4-6-19/h2-12,15,18,28H,13-14,16-17H2,1H3,(H,27,31). The molecule has 0 spiro atoms. The maximum absolute atomic E-state index is 12.2. The third-order valence-electron chi connectivity index (χ3n) is 6.09. The fraction of sp³-hybridized carbons (Fsp3) is 0.231. The molecule has 0 saturated carbocycles. The minimum Gasteiger partial charge on any atom is -0.355 e. The molecule has 3 aromatic carbocycles. The highest BCUT2D eigenvalue weighted by Crippen LogP contribution is 2.29. The van der Waals surface area contributed by atoms with Gasteiger partial charge in [-0.2, -0.15) is 0 Å². The van der Waals surface area contributed by atoms with E-state index in [9.17, 15) is 4.79 Å². The van der Waals surface area contributed by atoms with Crippen LogP contribution in [0.1, 0.15) is 16.8 Å². The summed E-state index contributed by atoms with van der Waals surface area (Å²) in [5.74, 6) is 1.44. The van der Waals surface area contributed by atoms with Crippen LogP contribution in [-0.4, -0.2) is 35.6 Å². The lowest BCUT2D eigenvalue weighted by Crippen LogP contribution is -2.18. The number of nitrogens with one attached hydrogen (secondary N) is 2. The van der Waals surface area contributed by atoms with Crippen molar-refractivity contribution in [2.24, 2.45) is 5.92 Å². The van der Waals surface area contributed by atoms with Gasteiger partial charge in [-0.3, -0.25) is 4.79 Å². The topological polar surface area (TPSA) is 59.0 Å². The van der Waals surface area contributed by atoms with E-state index in [2.05, 4.69) is 63.7 Å². The van der Waals surface area contributed by atoms with Crippen LogP contribution < -0.4 is 10.6 Å². The lowest BCUT2D eigenvalue weighted by Gasteiger charge is -2.14. The summed E-state index contributed by atoms with van der Waals surface area (Å²) in [6, 6.07) is 24.8. The number of aromatic nitrogens is 2. The number of fused-ring (bicyclic) bond motifs is 1. The molecule has 1 amide bonds. The Labute approximate surface area is 182 Å². The quantitative estimate of drug-likeness (QED) is 0.515. The first-order valence-corrected chi connectivity index (χ1v) is 10.8. The summed E-state index contributed by atoms with van der Waals surface area (Å²) in [7, 11) is 1.66. The Hall–Kier alpha value is -3.44. The molecule has 1 unspecified atom stereocenters. The first kappa shape index (κ1) is 19.5. The van der Waals surface area contributed by atoms with Gasteiger partial charge < -0.3 is 15.2 Å². The van der Waals surface area contributed by atoms with Gasteiger partial charge in [-0.05, 0) is 54.8 Å². The maximum Gasteiger partial charge on any atom is 0.251 e. The number of carbonyl (C=O) groups is 1. The van der Waals surface area contributed by atoms with Crippen LogP contribution in [0.3, 0.4) is 0 Å². The van der Waals surface area contributed by atoms with Crippen molar-refractivity contribution < 1.29 is 4.79 Å². The highest BCUT2D eigenvalue weighted by Gasteiger charge is 2.20. The molecular weight excluding hydrogens is 384 g/mol. The molecule has 156 valence electrons. The van der Waals surface area contributed by atoms with E-state index in [1.807, 2.05) is 24.3 Å². The van der Waals surface area contributed by atoms with E-state index in [4.69, 9.17) is 4.98 Å². The van der Waals surface area contributed by atoms with Crippen LogP contribution in [0, 0.1) is 5.92 Å². The zero-order valence-corrected chi connectivity index (χ0v) is 17.6. The van der Waals surface area contributed by atoms with Gasteiger partial charge in [0, 0.05) is 24.7 Å². The zero-order chi connectivity index (χ0) is 21.2. The summed E-state index contributed by atoms with van der Waals surface area (Å²) < 4.78 is 2.29. The number of imidazole rings is 1. The number of hydrogen-bond donors (Lipinski definition) is 2. The van der Waals surface area contributed by atoms with Crippen molar-refractivity contribution >= 4 is 16.9 Å². The molecule has 5 nitrogen and oxygen atoms in total. The number of nitrogens with zero attached hydrogens (tertiary/aromatic N) is 2. The minimum atomic E-state index is -0.0778. The molecule has 31 heavy (non-hydrogen) atoms. The van der Waals surface area contributed by atoms with E-state index in [0.717, 1.165) is 48.5 Å². The van der Waals surface area contributed by atoms with Crippen LogP contribution in [0.2, 0.25) is 0 Å². The number of rotatable bonds is 5. The Morgan fingerprint density at radius 1 is 1.03 bits per heavy atom. The van der Waals surface area contributed by atoms with Gasteiger partial charge in [0.25, 0.3) is 5.91 Å². The van der Waals surface area contributed by atoms with Crippen LogP contribution >= 0.6 is 0 Å². The first-order chi connectivity index (χ1) is 15.2. The van der Waals surface area contributed by atoms with Crippen molar-refractivity contribution in [3.05, 3.63) is 78.4 Å². The van der Waals surface area contributed by atoms with Crippen LogP contribution in [0.5, 0.6) is 0 Å². The second-order valence-corrected chi connectivity index (χ2v) is 8.13. The van der Waals surface area contributed by atoms with E-state index in [1.165, 1.54) is 11.1 Å². The molecule has 0 bridgehead atoms. The fourth-order valence-corrected chi connectivity index (χ4v) is 4.38. The predicted octanol–water partition coefficient (Wildman–Crippen LogP) is 4.34. The molecule has 0 aliphatic carbocycles. The number of carbonyl (C=O) groups excluding carboxylic acids is 1. The van der Waals surface area contributed by atoms with Gasteiger partial charge in [0.2, 0.25) is 0 Å². The van der Waals surface area contributed by atoms with Gasteiger partial charge >= 0.3 is 0 Å². The second-order valence-electron chi connectivity index (χ2n) is 8.13. The minimum absolute atomic E-state index is 0.0778. The van der Waals surface area contributed by atoms with Gasteiger partial charge in [0.05, 0.1) is 11.0 Å². The van der Waals surface area contributed by atoms with Crippen molar-refractivity contribution in [1.82, 2.24) is 20.2 Å². The molecule has 2 heterocycles. The monoisotopic (exact) mass is 410 g/mol. The van der Waals surface area contributed by atoms with Crippen molar-refractivity contribution in [3.8, 4) is 22.5 Å². The van der Waals surface area contributed by atoms with Gasteiger partial charge in [-0.15, -0.1) is 0 Å². The average molecular weight is 411 g/mol. The van der Waals surface area contributed by atoms with Crippen LogP contribution in [0.4, 0.5) is 0 Å². The van der Waals surface area contributed by atoms with Crippen molar-refractivity contribution in [3.63, 3.8) is 0 Å².